The first kappa shape index (κ1) is 12.8. The van der Waals surface area contributed by atoms with Gasteiger partial charge in [0.25, 0.3) is 5.91 Å². The number of benzene rings is 1. The summed E-state index contributed by atoms with van der Waals surface area (Å²) in [5.41, 5.74) is 1.41. The van der Waals surface area contributed by atoms with Gasteiger partial charge in [-0.1, -0.05) is 23.2 Å². The molecule has 0 aliphatic rings. The standard InChI is InChI=1S/C12H7Cl2N5O/c13-7-2-1-6(3-8(7)14)12(20)19-11-9-10(16-4-15-9)17-5-18-11/h1-5H,(H2,15,16,17,18,19,20). The summed E-state index contributed by atoms with van der Waals surface area (Å²) in [6.07, 6.45) is 2.81. The molecule has 0 atom stereocenters. The topological polar surface area (TPSA) is 83.6 Å². The van der Waals surface area contributed by atoms with E-state index in [0.29, 0.717) is 32.6 Å². The van der Waals surface area contributed by atoms with Crippen LogP contribution in [0.2, 0.25) is 10.0 Å². The van der Waals surface area contributed by atoms with Gasteiger partial charge in [0.05, 0.1) is 16.4 Å². The number of anilines is 1. The van der Waals surface area contributed by atoms with Crippen LogP contribution in [-0.2, 0) is 0 Å². The lowest BCUT2D eigenvalue weighted by atomic mass is 10.2. The number of rotatable bonds is 2. The molecule has 2 aromatic heterocycles. The smallest absolute Gasteiger partial charge is 0.256 e. The molecule has 3 aromatic rings. The minimum absolute atomic E-state index is 0.314. The van der Waals surface area contributed by atoms with Crippen LogP contribution in [0.25, 0.3) is 11.2 Å². The number of aromatic nitrogens is 4. The van der Waals surface area contributed by atoms with Crippen molar-refractivity contribution in [1.29, 1.82) is 0 Å². The van der Waals surface area contributed by atoms with Gasteiger partial charge in [-0.2, -0.15) is 0 Å². The summed E-state index contributed by atoms with van der Waals surface area (Å²) in [6, 6.07) is 4.63. The first-order valence-corrected chi connectivity index (χ1v) is 6.31. The van der Waals surface area contributed by atoms with Gasteiger partial charge in [-0.3, -0.25) is 4.79 Å². The Morgan fingerprint density at radius 2 is 2.00 bits per heavy atom. The Labute approximate surface area is 123 Å². The van der Waals surface area contributed by atoms with E-state index in [2.05, 4.69) is 25.3 Å². The van der Waals surface area contributed by atoms with Gasteiger partial charge in [-0.05, 0) is 18.2 Å². The Kier molecular flexibility index (Phi) is 3.25. The lowest BCUT2D eigenvalue weighted by Gasteiger charge is -2.05. The largest absolute Gasteiger partial charge is 0.340 e. The van der Waals surface area contributed by atoms with Crippen LogP contribution in [0, 0.1) is 0 Å². The molecule has 0 saturated heterocycles. The van der Waals surface area contributed by atoms with E-state index in [1.165, 1.54) is 18.7 Å². The fourth-order valence-corrected chi connectivity index (χ4v) is 1.97. The molecular formula is C12H7Cl2N5O. The molecule has 1 amide bonds. The van der Waals surface area contributed by atoms with Crippen molar-refractivity contribution in [2.24, 2.45) is 0 Å². The van der Waals surface area contributed by atoms with Gasteiger partial charge in [0.15, 0.2) is 11.5 Å². The predicted octanol–water partition coefficient (Wildman–Crippen LogP) is 2.91. The summed E-state index contributed by atoms with van der Waals surface area (Å²) in [5, 5.41) is 3.37. The summed E-state index contributed by atoms with van der Waals surface area (Å²) in [4.78, 5) is 27.0. The van der Waals surface area contributed by atoms with Gasteiger partial charge in [-0.15, -0.1) is 0 Å². The Balaban J connectivity index is 1.92. The van der Waals surface area contributed by atoms with Crippen molar-refractivity contribution in [2.75, 3.05) is 5.32 Å². The quantitative estimate of drug-likeness (QED) is 0.762. The number of carbonyl (C=O) groups is 1. The maximum absolute atomic E-state index is 12.1. The van der Waals surface area contributed by atoms with Crippen molar-refractivity contribution in [1.82, 2.24) is 19.9 Å². The van der Waals surface area contributed by atoms with Crippen LogP contribution in [-0.4, -0.2) is 25.8 Å². The van der Waals surface area contributed by atoms with Crippen molar-refractivity contribution < 1.29 is 4.79 Å². The lowest BCUT2D eigenvalue weighted by Crippen LogP contribution is -2.13. The molecule has 0 bridgehead atoms. The number of H-pyrrole nitrogens is 1. The first-order chi connectivity index (χ1) is 9.65. The zero-order chi connectivity index (χ0) is 14.1. The number of hydrogen-bond acceptors (Lipinski definition) is 4. The molecule has 0 aliphatic carbocycles. The molecule has 100 valence electrons. The highest BCUT2D eigenvalue weighted by atomic mass is 35.5. The predicted molar refractivity (Wildman–Crippen MR) is 76.1 cm³/mol. The molecule has 1 aromatic carbocycles. The fraction of sp³-hybridized carbons (Fsp3) is 0. The number of carbonyl (C=O) groups excluding carboxylic acids is 1. The van der Waals surface area contributed by atoms with Crippen LogP contribution in [0.1, 0.15) is 10.4 Å². The average Bonchev–Trinajstić information content (AvgIpc) is 2.91. The second-order valence-corrected chi connectivity index (χ2v) is 4.72. The molecule has 0 radical (unpaired) electrons. The van der Waals surface area contributed by atoms with Crippen molar-refractivity contribution in [3.05, 3.63) is 46.5 Å². The maximum atomic E-state index is 12.1. The number of imidazole rings is 1. The summed E-state index contributed by atoms with van der Waals surface area (Å²) in [7, 11) is 0. The third kappa shape index (κ3) is 2.31. The number of nitrogens with one attached hydrogen (secondary N) is 2. The molecule has 0 fully saturated rings. The lowest BCUT2D eigenvalue weighted by molar-refractivity contribution is 0.102. The van der Waals surface area contributed by atoms with Crippen LogP contribution in [0.15, 0.2) is 30.9 Å². The summed E-state index contributed by atoms with van der Waals surface area (Å²) < 4.78 is 0. The van der Waals surface area contributed by atoms with Crippen LogP contribution in [0.5, 0.6) is 0 Å². The summed E-state index contributed by atoms with van der Waals surface area (Å²) in [6.45, 7) is 0. The molecule has 6 nitrogen and oxygen atoms in total. The number of halogens is 2. The van der Waals surface area contributed by atoms with E-state index in [0.717, 1.165) is 0 Å². The second kappa shape index (κ2) is 5.07. The normalized spacial score (nSPS) is 10.7. The Morgan fingerprint density at radius 3 is 2.80 bits per heavy atom. The van der Waals surface area contributed by atoms with E-state index in [1.54, 1.807) is 12.1 Å². The minimum Gasteiger partial charge on any atom is -0.340 e. The van der Waals surface area contributed by atoms with Crippen molar-refractivity contribution in [2.45, 2.75) is 0 Å². The maximum Gasteiger partial charge on any atom is 0.256 e. The average molecular weight is 308 g/mol. The third-order valence-corrected chi connectivity index (χ3v) is 3.38. The van der Waals surface area contributed by atoms with Gasteiger partial charge in [0, 0.05) is 5.56 Å². The summed E-state index contributed by atoms with van der Waals surface area (Å²) in [5.74, 6) is 0.00161. The number of nitrogens with zero attached hydrogens (tertiary/aromatic N) is 3. The number of hydrogen-bond donors (Lipinski definition) is 2. The van der Waals surface area contributed by atoms with E-state index in [-0.39, 0.29) is 5.91 Å². The molecule has 8 heteroatoms. The van der Waals surface area contributed by atoms with E-state index >= 15 is 0 Å². The third-order valence-electron chi connectivity index (χ3n) is 2.64. The fourth-order valence-electron chi connectivity index (χ4n) is 1.68. The molecule has 3 rings (SSSR count). The minimum atomic E-state index is -0.349. The van der Waals surface area contributed by atoms with Crippen LogP contribution < -0.4 is 5.32 Å². The van der Waals surface area contributed by atoms with Gasteiger partial charge in [-0.25, -0.2) is 15.0 Å². The molecule has 20 heavy (non-hydrogen) atoms. The van der Waals surface area contributed by atoms with Crippen molar-refractivity contribution in [3.63, 3.8) is 0 Å². The van der Waals surface area contributed by atoms with E-state index in [9.17, 15) is 4.79 Å². The van der Waals surface area contributed by atoms with Crippen molar-refractivity contribution in [3.8, 4) is 0 Å². The van der Waals surface area contributed by atoms with Crippen molar-refractivity contribution >= 4 is 46.1 Å². The molecule has 0 spiro atoms. The SMILES string of the molecule is O=C(Nc1ncnc2nc[nH]c12)c1ccc(Cl)c(Cl)c1. The molecule has 2 heterocycles. The van der Waals surface area contributed by atoms with Gasteiger partial charge in [0.2, 0.25) is 0 Å². The summed E-state index contributed by atoms with van der Waals surface area (Å²) >= 11 is 11.7. The van der Waals surface area contributed by atoms with E-state index in [1.807, 2.05) is 0 Å². The highest BCUT2D eigenvalue weighted by Crippen LogP contribution is 2.23. The molecule has 2 N–H and O–H groups in total. The van der Waals surface area contributed by atoms with Gasteiger partial charge >= 0.3 is 0 Å². The number of aromatic amines is 1. The zero-order valence-electron chi connectivity index (χ0n) is 9.89. The number of fused-ring (bicyclic) bond motifs is 1. The monoisotopic (exact) mass is 307 g/mol. The van der Waals surface area contributed by atoms with Crippen LogP contribution >= 0.6 is 23.2 Å². The molecule has 0 saturated carbocycles. The van der Waals surface area contributed by atoms with Gasteiger partial charge < -0.3 is 10.3 Å². The number of amides is 1. The molecule has 0 unspecified atom stereocenters. The Morgan fingerprint density at radius 1 is 1.15 bits per heavy atom. The van der Waals surface area contributed by atoms with Crippen LogP contribution in [0.4, 0.5) is 5.82 Å². The van der Waals surface area contributed by atoms with E-state index < -0.39 is 0 Å². The Hall–Kier alpha value is -2.18. The molecular weight excluding hydrogens is 301 g/mol. The van der Waals surface area contributed by atoms with Crippen LogP contribution in [0.3, 0.4) is 0 Å². The second-order valence-electron chi connectivity index (χ2n) is 3.91. The van der Waals surface area contributed by atoms with Gasteiger partial charge in [0.1, 0.15) is 11.8 Å². The highest BCUT2D eigenvalue weighted by Gasteiger charge is 2.12. The molecule has 0 aliphatic heterocycles. The zero-order valence-corrected chi connectivity index (χ0v) is 11.4. The highest BCUT2D eigenvalue weighted by molar-refractivity contribution is 6.42. The van der Waals surface area contributed by atoms with E-state index in [4.69, 9.17) is 23.2 Å². The first-order valence-electron chi connectivity index (χ1n) is 5.55. The Bertz CT molecular complexity index is 801.